The van der Waals surface area contributed by atoms with Crippen molar-refractivity contribution in [3.05, 3.63) is 36.2 Å². The normalized spacial score (nSPS) is 22.3. The van der Waals surface area contributed by atoms with E-state index in [0.717, 1.165) is 29.4 Å². The van der Waals surface area contributed by atoms with Gasteiger partial charge in [0.1, 0.15) is 0 Å². The van der Waals surface area contributed by atoms with Crippen LogP contribution in [-0.2, 0) is 4.79 Å². The van der Waals surface area contributed by atoms with Crippen LogP contribution < -0.4 is 0 Å². The number of carbonyl (C=O) groups is 1. The third kappa shape index (κ3) is 4.10. The van der Waals surface area contributed by atoms with Crippen molar-refractivity contribution in [2.24, 2.45) is 0 Å². The molecule has 0 saturated heterocycles. The second-order valence-electron chi connectivity index (χ2n) is 5.11. The molecule has 0 radical (unpaired) electrons. The van der Waals surface area contributed by atoms with Crippen LogP contribution in [0.25, 0.3) is 6.08 Å². The average Bonchev–Trinajstić information content (AvgIpc) is 2.94. The Morgan fingerprint density at radius 1 is 1.55 bits per heavy atom. The van der Waals surface area contributed by atoms with Gasteiger partial charge < -0.3 is 4.90 Å². The zero-order chi connectivity index (χ0) is 14.4. The molecule has 1 aliphatic carbocycles. The first-order chi connectivity index (χ1) is 9.70. The lowest BCUT2D eigenvalue weighted by Gasteiger charge is -2.23. The molecular formula is C16H22N2OS. The summed E-state index contributed by atoms with van der Waals surface area (Å²) < 4.78 is 0. The van der Waals surface area contributed by atoms with E-state index in [1.54, 1.807) is 18.5 Å². The number of nitrogens with zero attached hydrogens (tertiary/aromatic N) is 2. The van der Waals surface area contributed by atoms with E-state index in [1.165, 1.54) is 6.42 Å². The number of carbonyl (C=O) groups excluding carboxylic acids is 1. The van der Waals surface area contributed by atoms with Crippen molar-refractivity contribution < 1.29 is 4.79 Å². The van der Waals surface area contributed by atoms with Crippen molar-refractivity contribution in [3.8, 4) is 0 Å². The molecule has 3 nitrogen and oxygen atoms in total. The predicted octanol–water partition coefficient (Wildman–Crippen LogP) is 3.23. The fourth-order valence-electron chi connectivity index (χ4n) is 2.60. The van der Waals surface area contributed by atoms with Crippen LogP contribution in [0, 0.1) is 0 Å². The second-order valence-corrected chi connectivity index (χ2v) is 6.69. The minimum atomic E-state index is 0.0843. The second kappa shape index (κ2) is 7.48. The zero-order valence-electron chi connectivity index (χ0n) is 12.2. The van der Waals surface area contributed by atoms with Gasteiger partial charge in [0.15, 0.2) is 0 Å². The third-order valence-corrected chi connectivity index (χ3v) is 4.99. The Morgan fingerprint density at radius 2 is 2.40 bits per heavy atom. The summed E-state index contributed by atoms with van der Waals surface area (Å²) in [5, 5.41) is 0.725. The van der Waals surface area contributed by atoms with Crippen molar-refractivity contribution in [2.45, 2.75) is 37.5 Å². The van der Waals surface area contributed by atoms with E-state index in [2.05, 4.69) is 11.9 Å². The first-order valence-electron chi connectivity index (χ1n) is 7.17. The molecule has 1 fully saturated rings. The van der Waals surface area contributed by atoms with Crippen LogP contribution in [0.4, 0.5) is 0 Å². The molecule has 1 amide bonds. The maximum Gasteiger partial charge on any atom is 0.246 e. The highest BCUT2D eigenvalue weighted by Crippen LogP contribution is 2.32. The lowest BCUT2D eigenvalue weighted by molar-refractivity contribution is -0.126. The fraction of sp³-hybridized carbons (Fsp3) is 0.500. The summed E-state index contributed by atoms with van der Waals surface area (Å²) in [7, 11) is 1.92. The van der Waals surface area contributed by atoms with E-state index in [4.69, 9.17) is 0 Å². The van der Waals surface area contributed by atoms with Crippen molar-refractivity contribution in [2.75, 3.05) is 12.8 Å². The van der Waals surface area contributed by atoms with Crippen LogP contribution in [0.1, 0.15) is 31.7 Å². The van der Waals surface area contributed by atoms with Crippen molar-refractivity contribution in [1.82, 2.24) is 9.88 Å². The van der Waals surface area contributed by atoms with Crippen molar-refractivity contribution >= 4 is 23.7 Å². The monoisotopic (exact) mass is 290 g/mol. The fourth-order valence-corrected chi connectivity index (χ4v) is 3.73. The van der Waals surface area contributed by atoms with Crippen LogP contribution in [-0.4, -0.2) is 39.9 Å². The van der Waals surface area contributed by atoms with Crippen LogP contribution in [0.15, 0.2) is 30.6 Å². The summed E-state index contributed by atoms with van der Waals surface area (Å²) in [5.41, 5.74) is 0.958. The molecule has 1 aliphatic rings. The maximum absolute atomic E-state index is 12.2. The van der Waals surface area contributed by atoms with E-state index < -0.39 is 0 Å². The lowest BCUT2D eigenvalue weighted by atomic mass is 10.2. The van der Waals surface area contributed by atoms with E-state index >= 15 is 0 Å². The van der Waals surface area contributed by atoms with Crippen LogP contribution in [0.5, 0.6) is 0 Å². The van der Waals surface area contributed by atoms with Crippen molar-refractivity contribution in [1.29, 1.82) is 0 Å². The minimum Gasteiger partial charge on any atom is -0.339 e. The van der Waals surface area contributed by atoms with Gasteiger partial charge in [-0.05, 0) is 42.7 Å². The van der Waals surface area contributed by atoms with Gasteiger partial charge in [0, 0.05) is 36.8 Å². The summed E-state index contributed by atoms with van der Waals surface area (Å²) in [6, 6.07) is 4.21. The third-order valence-electron chi connectivity index (χ3n) is 3.76. The molecule has 2 atom stereocenters. The number of rotatable bonds is 5. The lowest BCUT2D eigenvalue weighted by Crippen LogP contribution is -2.34. The Labute approximate surface area is 125 Å². The summed E-state index contributed by atoms with van der Waals surface area (Å²) >= 11 is 2.02. The molecule has 0 spiro atoms. The van der Waals surface area contributed by atoms with Gasteiger partial charge in [-0.1, -0.05) is 13.0 Å². The number of hydrogen-bond donors (Lipinski definition) is 0. The van der Waals surface area contributed by atoms with Crippen LogP contribution >= 0.6 is 11.8 Å². The van der Waals surface area contributed by atoms with E-state index in [-0.39, 0.29) is 5.91 Å². The molecule has 0 bridgehead atoms. The number of aromatic nitrogens is 1. The number of pyridine rings is 1. The first-order valence-corrected chi connectivity index (χ1v) is 8.22. The molecule has 4 heteroatoms. The number of amides is 1. The molecule has 108 valence electrons. The summed E-state index contributed by atoms with van der Waals surface area (Å²) in [5.74, 6) is 1.25. The Hall–Kier alpha value is -1.29. The number of hydrogen-bond acceptors (Lipinski definition) is 3. The smallest absolute Gasteiger partial charge is 0.246 e. The van der Waals surface area contributed by atoms with E-state index in [9.17, 15) is 4.79 Å². The van der Waals surface area contributed by atoms with Gasteiger partial charge in [0.25, 0.3) is 0 Å². The standard InChI is InChI=1S/C16H22N2OS/c1-3-20-15-8-7-14(11-15)18(2)16(19)9-6-13-5-4-10-17-12-13/h4-6,9-10,12,14-15H,3,7-8,11H2,1-2H3/b9-6+/t14-,15+/m0/s1. The molecule has 1 heterocycles. The van der Waals surface area contributed by atoms with Crippen molar-refractivity contribution in [3.63, 3.8) is 0 Å². The molecule has 0 aromatic carbocycles. The Kier molecular flexibility index (Phi) is 5.65. The molecular weight excluding hydrogens is 268 g/mol. The van der Waals surface area contributed by atoms with Gasteiger partial charge in [-0.25, -0.2) is 0 Å². The molecule has 1 saturated carbocycles. The van der Waals surface area contributed by atoms with Gasteiger partial charge >= 0.3 is 0 Å². The van der Waals surface area contributed by atoms with Crippen LogP contribution in [0.2, 0.25) is 0 Å². The van der Waals surface area contributed by atoms with Gasteiger partial charge in [0.2, 0.25) is 5.91 Å². The average molecular weight is 290 g/mol. The summed E-state index contributed by atoms with van der Waals surface area (Å²) in [6.45, 7) is 2.20. The summed E-state index contributed by atoms with van der Waals surface area (Å²) in [6.07, 6.45) is 10.5. The molecule has 2 rings (SSSR count). The number of thioether (sulfide) groups is 1. The van der Waals surface area contributed by atoms with Crippen LogP contribution in [0.3, 0.4) is 0 Å². The molecule has 0 unspecified atom stereocenters. The molecule has 1 aromatic rings. The zero-order valence-corrected chi connectivity index (χ0v) is 13.0. The number of likely N-dealkylation sites (N-methyl/N-ethyl adjacent to an activating group) is 1. The Morgan fingerprint density at radius 3 is 3.10 bits per heavy atom. The largest absolute Gasteiger partial charge is 0.339 e. The van der Waals surface area contributed by atoms with Gasteiger partial charge in [0.05, 0.1) is 0 Å². The molecule has 0 aliphatic heterocycles. The highest BCUT2D eigenvalue weighted by atomic mass is 32.2. The quantitative estimate of drug-likeness (QED) is 0.781. The predicted molar refractivity (Wildman–Crippen MR) is 85.6 cm³/mol. The molecule has 1 aromatic heterocycles. The SMILES string of the molecule is CCS[C@@H]1CC[C@H](N(C)C(=O)/C=C/c2cccnc2)C1. The Bertz CT molecular complexity index is 461. The van der Waals surface area contributed by atoms with Gasteiger partial charge in [-0.15, -0.1) is 0 Å². The highest BCUT2D eigenvalue weighted by Gasteiger charge is 2.28. The van der Waals surface area contributed by atoms with E-state index in [0.29, 0.717) is 6.04 Å². The van der Waals surface area contributed by atoms with Gasteiger partial charge in [-0.3, -0.25) is 9.78 Å². The maximum atomic E-state index is 12.2. The minimum absolute atomic E-state index is 0.0843. The molecule has 20 heavy (non-hydrogen) atoms. The molecule has 0 N–H and O–H groups in total. The van der Waals surface area contributed by atoms with Gasteiger partial charge in [-0.2, -0.15) is 11.8 Å². The highest BCUT2D eigenvalue weighted by molar-refractivity contribution is 7.99. The van der Waals surface area contributed by atoms with E-state index in [1.807, 2.05) is 41.9 Å². The Balaban J connectivity index is 1.88. The topological polar surface area (TPSA) is 33.2 Å². The first kappa shape index (κ1) is 15.1. The summed E-state index contributed by atoms with van der Waals surface area (Å²) in [4.78, 5) is 18.1.